The summed E-state index contributed by atoms with van der Waals surface area (Å²) in [6.45, 7) is 2.08. The van der Waals surface area contributed by atoms with E-state index in [9.17, 15) is 4.79 Å². The van der Waals surface area contributed by atoms with Gasteiger partial charge in [0, 0.05) is 6.92 Å². The van der Waals surface area contributed by atoms with Crippen LogP contribution < -0.4 is 0 Å². The summed E-state index contributed by atoms with van der Waals surface area (Å²) in [6, 6.07) is 0. The topological polar surface area (TPSA) is 26.3 Å². The Bertz CT molecular complexity index is 105. The zero-order valence-corrected chi connectivity index (χ0v) is 5.72. The number of ether oxygens (including phenoxy) is 1. The van der Waals surface area contributed by atoms with Crippen LogP contribution in [-0.2, 0) is 9.53 Å². The summed E-state index contributed by atoms with van der Waals surface area (Å²) in [5, 5.41) is 0. The summed E-state index contributed by atoms with van der Waals surface area (Å²) in [5.74, 6) is 0.708. The van der Waals surface area contributed by atoms with Crippen molar-refractivity contribution in [3.8, 4) is 0 Å². The highest BCUT2D eigenvalue weighted by molar-refractivity contribution is 5.65. The maximum absolute atomic E-state index is 10.2. The second-order valence-corrected chi connectivity index (χ2v) is 2.57. The molecule has 0 aliphatic heterocycles. The van der Waals surface area contributed by atoms with Crippen LogP contribution in [0.5, 0.6) is 0 Å². The van der Waals surface area contributed by atoms with Gasteiger partial charge >= 0.3 is 5.97 Å². The van der Waals surface area contributed by atoms with Gasteiger partial charge in [0.2, 0.25) is 0 Å². The average Bonchev–Trinajstić information content (AvgIpc) is 2.48. The predicted molar refractivity (Wildman–Crippen MR) is 34.0 cm³/mol. The minimum Gasteiger partial charge on any atom is -0.466 e. The van der Waals surface area contributed by atoms with Gasteiger partial charge in [-0.05, 0) is 12.3 Å². The van der Waals surface area contributed by atoms with E-state index in [-0.39, 0.29) is 5.97 Å². The van der Waals surface area contributed by atoms with E-state index in [1.54, 1.807) is 0 Å². The molecule has 2 heteroatoms. The van der Waals surface area contributed by atoms with Gasteiger partial charge in [-0.15, -0.1) is 0 Å². The lowest BCUT2D eigenvalue weighted by atomic mass is 10.3. The lowest BCUT2D eigenvalue weighted by Gasteiger charge is -1.97. The first-order valence-corrected chi connectivity index (χ1v) is 3.42. The van der Waals surface area contributed by atoms with E-state index in [0.29, 0.717) is 6.61 Å². The van der Waals surface area contributed by atoms with Crippen molar-refractivity contribution < 1.29 is 9.53 Å². The van der Waals surface area contributed by atoms with Crippen molar-refractivity contribution in [3.63, 3.8) is 0 Å². The van der Waals surface area contributed by atoms with E-state index in [4.69, 9.17) is 4.74 Å². The molecule has 9 heavy (non-hydrogen) atoms. The summed E-state index contributed by atoms with van der Waals surface area (Å²) in [7, 11) is 0. The minimum atomic E-state index is -0.157. The predicted octanol–water partition coefficient (Wildman–Crippen LogP) is 1.35. The Labute approximate surface area is 55.2 Å². The van der Waals surface area contributed by atoms with Gasteiger partial charge in [0.05, 0.1) is 6.61 Å². The third-order valence-corrected chi connectivity index (χ3v) is 1.53. The fourth-order valence-electron chi connectivity index (χ4n) is 0.776. The Hall–Kier alpha value is -0.530. The molecule has 2 nitrogen and oxygen atoms in total. The largest absolute Gasteiger partial charge is 0.466 e. The van der Waals surface area contributed by atoms with Crippen LogP contribution in [0.4, 0.5) is 0 Å². The molecule has 1 saturated carbocycles. The fourth-order valence-corrected chi connectivity index (χ4v) is 0.776. The molecular formula is C7H12O2. The number of carbonyl (C=O) groups excluding carboxylic acids is 1. The number of rotatable bonds is 3. The van der Waals surface area contributed by atoms with E-state index in [0.717, 1.165) is 12.3 Å². The molecule has 0 heterocycles. The van der Waals surface area contributed by atoms with Crippen molar-refractivity contribution in [2.24, 2.45) is 5.92 Å². The highest BCUT2D eigenvalue weighted by Gasteiger charge is 2.20. The van der Waals surface area contributed by atoms with E-state index in [1.807, 2.05) is 0 Å². The van der Waals surface area contributed by atoms with Crippen molar-refractivity contribution in [2.45, 2.75) is 26.2 Å². The van der Waals surface area contributed by atoms with Crippen LogP contribution in [0.15, 0.2) is 0 Å². The van der Waals surface area contributed by atoms with E-state index < -0.39 is 0 Å². The first kappa shape index (κ1) is 6.59. The quantitative estimate of drug-likeness (QED) is 0.536. The number of esters is 1. The zero-order chi connectivity index (χ0) is 6.69. The van der Waals surface area contributed by atoms with Crippen molar-refractivity contribution in [1.82, 2.24) is 0 Å². The number of carbonyl (C=O) groups is 1. The third kappa shape index (κ3) is 3.12. The summed E-state index contributed by atoms with van der Waals surface area (Å²) >= 11 is 0. The van der Waals surface area contributed by atoms with Gasteiger partial charge in [0.1, 0.15) is 0 Å². The van der Waals surface area contributed by atoms with Crippen LogP contribution in [0.2, 0.25) is 0 Å². The lowest BCUT2D eigenvalue weighted by molar-refractivity contribution is -0.141. The summed E-state index contributed by atoms with van der Waals surface area (Å²) in [5.41, 5.74) is 0. The standard InChI is InChI=1S/C7H12O2/c1-6(8)9-5-4-7-2-3-7/h7H,2-5H2,1H3. The highest BCUT2D eigenvalue weighted by atomic mass is 16.5. The molecule has 0 aromatic carbocycles. The molecule has 0 aromatic rings. The van der Waals surface area contributed by atoms with Crippen molar-refractivity contribution >= 4 is 5.97 Å². The Balaban J connectivity index is 1.86. The molecule has 0 radical (unpaired) electrons. The molecule has 0 atom stereocenters. The van der Waals surface area contributed by atoms with E-state index in [2.05, 4.69) is 0 Å². The molecule has 1 aliphatic carbocycles. The highest BCUT2D eigenvalue weighted by Crippen LogP contribution is 2.31. The Morgan fingerprint density at radius 3 is 2.78 bits per heavy atom. The van der Waals surface area contributed by atoms with Gasteiger partial charge in [-0.2, -0.15) is 0 Å². The lowest BCUT2D eigenvalue weighted by Crippen LogP contribution is -2.00. The minimum absolute atomic E-state index is 0.157. The van der Waals surface area contributed by atoms with Gasteiger partial charge in [-0.1, -0.05) is 12.8 Å². The van der Waals surface area contributed by atoms with Crippen LogP contribution in [0.25, 0.3) is 0 Å². The average molecular weight is 128 g/mol. The second kappa shape index (κ2) is 2.85. The Morgan fingerprint density at radius 1 is 1.67 bits per heavy atom. The molecule has 0 aromatic heterocycles. The Kier molecular flexibility index (Phi) is 2.09. The SMILES string of the molecule is CC(=O)OCCC1CC1. The molecule has 1 rings (SSSR count). The van der Waals surface area contributed by atoms with E-state index >= 15 is 0 Å². The van der Waals surface area contributed by atoms with Crippen molar-refractivity contribution in [3.05, 3.63) is 0 Å². The van der Waals surface area contributed by atoms with Gasteiger partial charge in [-0.3, -0.25) is 4.79 Å². The second-order valence-electron chi connectivity index (χ2n) is 2.57. The molecule has 1 fully saturated rings. The molecule has 0 N–H and O–H groups in total. The zero-order valence-electron chi connectivity index (χ0n) is 5.72. The number of hydrogen-bond donors (Lipinski definition) is 0. The molecule has 0 spiro atoms. The van der Waals surface area contributed by atoms with Crippen molar-refractivity contribution in [2.75, 3.05) is 6.61 Å². The fraction of sp³-hybridized carbons (Fsp3) is 0.857. The summed E-state index contributed by atoms with van der Waals surface area (Å²) in [6.07, 6.45) is 3.74. The molecular weight excluding hydrogens is 116 g/mol. The Morgan fingerprint density at radius 2 is 2.33 bits per heavy atom. The molecule has 1 aliphatic rings. The summed E-state index contributed by atoms with van der Waals surface area (Å²) < 4.78 is 4.75. The van der Waals surface area contributed by atoms with Crippen LogP contribution in [0.1, 0.15) is 26.2 Å². The molecule has 0 unspecified atom stereocenters. The maximum Gasteiger partial charge on any atom is 0.302 e. The molecule has 0 saturated heterocycles. The van der Waals surface area contributed by atoms with Crippen LogP contribution in [-0.4, -0.2) is 12.6 Å². The van der Waals surface area contributed by atoms with Crippen LogP contribution in [0, 0.1) is 5.92 Å². The first-order valence-electron chi connectivity index (χ1n) is 3.42. The smallest absolute Gasteiger partial charge is 0.302 e. The molecule has 52 valence electrons. The van der Waals surface area contributed by atoms with Gasteiger partial charge in [0.25, 0.3) is 0 Å². The van der Waals surface area contributed by atoms with Gasteiger partial charge < -0.3 is 4.74 Å². The van der Waals surface area contributed by atoms with E-state index in [1.165, 1.54) is 19.8 Å². The van der Waals surface area contributed by atoms with Gasteiger partial charge in [-0.25, -0.2) is 0 Å². The molecule has 0 bridgehead atoms. The molecule has 0 amide bonds. The first-order chi connectivity index (χ1) is 4.29. The van der Waals surface area contributed by atoms with Crippen molar-refractivity contribution in [1.29, 1.82) is 0 Å². The number of hydrogen-bond acceptors (Lipinski definition) is 2. The third-order valence-electron chi connectivity index (χ3n) is 1.53. The summed E-state index contributed by atoms with van der Waals surface area (Å²) in [4.78, 5) is 10.2. The van der Waals surface area contributed by atoms with Crippen LogP contribution in [0.3, 0.4) is 0 Å². The normalized spacial score (nSPS) is 17.4. The monoisotopic (exact) mass is 128 g/mol. The van der Waals surface area contributed by atoms with Gasteiger partial charge in [0.15, 0.2) is 0 Å². The van der Waals surface area contributed by atoms with Crippen LogP contribution >= 0.6 is 0 Å². The maximum atomic E-state index is 10.2.